The Morgan fingerprint density at radius 1 is 0.434 bits per heavy atom. The minimum Gasteiger partial charge on any atom is -0.756 e. The maximum absolute atomic E-state index is 13.5. The molecule has 3 atom stereocenters. The third-order valence-electron chi connectivity index (χ3n) is 14.4. The van der Waals surface area contributed by atoms with Crippen molar-refractivity contribution < 1.29 is 37.3 Å². The fourth-order valence-corrected chi connectivity index (χ4v) is 9.90. The molecule has 0 saturated carbocycles. The summed E-state index contributed by atoms with van der Waals surface area (Å²) in [6, 6.07) is -0.915. The number of carbonyl (C=O) groups excluding carboxylic acids is 2. The molecule has 0 aliphatic rings. The average molecular weight is 1180 g/mol. The molecule has 1 N–H and O–H groups in total. The van der Waals surface area contributed by atoms with Crippen molar-refractivity contribution in [3.8, 4) is 0 Å². The van der Waals surface area contributed by atoms with E-state index in [2.05, 4.69) is 135 Å². The Hall–Kier alpha value is -3.59. The number of quaternary nitrogens is 1. The summed E-state index contributed by atoms with van der Waals surface area (Å²) >= 11 is 0. The van der Waals surface area contributed by atoms with Crippen LogP contribution >= 0.6 is 7.82 Å². The number of unbranched alkanes of at least 4 members (excludes halogenated alkanes) is 26. The van der Waals surface area contributed by atoms with Gasteiger partial charge in [-0.25, -0.2) is 0 Å². The van der Waals surface area contributed by atoms with Gasteiger partial charge in [0.25, 0.3) is 7.82 Å². The second-order valence-corrected chi connectivity index (χ2v) is 25.0. The number of hydrogen-bond acceptors (Lipinski definition) is 7. The summed E-state index contributed by atoms with van der Waals surface area (Å²) in [4.78, 5) is 40.1. The molecular formula is C73H127N2O7P. The van der Waals surface area contributed by atoms with Crippen LogP contribution in [-0.4, -0.2) is 69.4 Å². The van der Waals surface area contributed by atoms with Gasteiger partial charge >= 0.3 is 5.97 Å². The van der Waals surface area contributed by atoms with E-state index in [1.807, 2.05) is 33.3 Å². The zero-order chi connectivity index (χ0) is 60.7. The number of hydrogen-bond donors (Lipinski definition) is 1. The van der Waals surface area contributed by atoms with Crippen LogP contribution in [0.2, 0.25) is 0 Å². The van der Waals surface area contributed by atoms with Crippen LogP contribution in [0, 0.1) is 0 Å². The fraction of sp³-hybridized carbons (Fsp3) is 0.699. The zero-order valence-electron chi connectivity index (χ0n) is 54.4. The van der Waals surface area contributed by atoms with Crippen molar-refractivity contribution in [2.45, 2.75) is 290 Å². The molecule has 0 rings (SSSR count). The van der Waals surface area contributed by atoms with Gasteiger partial charge in [0, 0.05) is 12.8 Å². The Balaban J connectivity index is 5.12. The predicted molar refractivity (Wildman–Crippen MR) is 357 cm³/mol. The van der Waals surface area contributed by atoms with Crippen LogP contribution in [0.1, 0.15) is 278 Å². The van der Waals surface area contributed by atoms with Gasteiger partial charge in [-0.2, -0.15) is 0 Å². The van der Waals surface area contributed by atoms with Gasteiger partial charge in [0.05, 0.1) is 33.8 Å². The van der Waals surface area contributed by atoms with Crippen molar-refractivity contribution in [3.05, 3.63) is 122 Å². The highest BCUT2D eigenvalue weighted by Crippen LogP contribution is 2.38. The van der Waals surface area contributed by atoms with Crippen LogP contribution in [0.3, 0.4) is 0 Å². The molecule has 0 bridgehead atoms. The van der Waals surface area contributed by atoms with E-state index in [0.29, 0.717) is 17.4 Å². The largest absolute Gasteiger partial charge is 0.756 e. The molecule has 1 amide bonds. The summed E-state index contributed by atoms with van der Waals surface area (Å²) in [6.45, 7) is 6.66. The van der Waals surface area contributed by atoms with E-state index < -0.39 is 26.6 Å². The van der Waals surface area contributed by atoms with Gasteiger partial charge in [-0.3, -0.25) is 14.2 Å². The van der Waals surface area contributed by atoms with Gasteiger partial charge in [0.2, 0.25) is 5.91 Å². The lowest BCUT2D eigenvalue weighted by Crippen LogP contribution is -2.47. The predicted octanol–water partition coefficient (Wildman–Crippen LogP) is 20.8. The normalized spacial score (nSPS) is 14.3. The molecule has 0 aromatic heterocycles. The van der Waals surface area contributed by atoms with Gasteiger partial charge < -0.3 is 28.5 Å². The minimum absolute atomic E-state index is 0.0355. The molecule has 83 heavy (non-hydrogen) atoms. The number of nitrogens with zero attached hydrogens (tertiary/aromatic N) is 1. The summed E-state index contributed by atoms with van der Waals surface area (Å²) in [5, 5.41) is 3.01. The molecular weight excluding hydrogens is 1050 g/mol. The molecule has 0 heterocycles. The first-order valence-electron chi connectivity index (χ1n) is 33.8. The topological polar surface area (TPSA) is 114 Å². The molecule has 0 aromatic rings. The van der Waals surface area contributed by atoms with E-state index >= 15 is 0 Å². The lowest BCUT2D eigenvalue weighted by Gasteiger charge is -2.30. The molecule has 0 fully saturated rings. The third-order valence-corrected chi connectivity index (χ3v) is 15.3. The molecule has 0 aliphatic carbocycles. The molecule has 9 nitrogen and oxygen atoms in total. The smallest absolute Gasteiger partial charge is 0.306 e. The highest BCUT2D eigenvalue weighted by atomic mass is 31.2. The SMILES string of the molecule is CC/C=C\C/C=C\C/C=C\C/C=C\C/C=C\CCCCCC(=O)NC(COP(=O)([O-])OCC[N+](C)(C)C)C(/C=C\CCCCCCCCCCC)OC(=O)CCCCCCCCCCCCC/C=C\C/C=C\C/C=C\C/C=C\CCCCC. The minimum atomic E-state index is -4.72. The van der Waals surface area contributed by atoms with Gasteiger partial charge in [-0.05, 0) is 122 Å². The summed E-state index contributed by atoms with van der Waals surface area (Å²) in [5.41, 5.74) is 0. The van der Waals surface area contributed by atoms with Crippen molar-refractivity contribution in [2.24, 2.45) is 0 Å². The summed E-state index contributed by atoms with van der Waals surface area (Å²) in [6.07, 6.45) is 86.1. The maximum Gasteiger partial charge on any atom is 0.306 e. The Morgan fingerprint density at radius 2 is 0.771 bits per heavy atom. The first kappa shape index (κ1) is 79.4. The number of ether oxygens (including phenoxy) is 1. The van der Waals surface area contributed by atoms with E-state index in [-0.39, 0.29) is 31.3 Å². The van der Waals surface area contributed by atoms with Crippen molar-refractivity contribution in [2.75, 3.05) is 40.9 Å². The number of phosphoric acid groups is 1. The quantitative estimate of drug-likeness (QED) is 0.0212. The molecule has 0 aromatic carbocycles. The van der Waals surface area contributed by atoms with Gasteiger partial charge in [-0.15, -0.1) is 0 Å². The third kappa shape index (κ3) is 62.8. The molecule has 0 saturated heterocycles. The number of esters is 1. The van der Waals surface area contributed by atoms with Crippen LogP contribution in [0.25, 0.3) is 0 Å². The lowest BCUT2D eigenvalue weighted by atomic mass is 10.0. The van der Waals surface area contributed by atoms with Crippen LogP contribution in [-0.2, 0) is 27.9 Å². The number of amides is 1. The molecule has 0 aliphatic heterocycles. The molecule has 3 unspecified atom stereocenters. The monoisotopic (exact) mass is 1170 g/mol. The molecule has 476 valence electrons. The summed E-state index contributed by atoms with van der Waals surface area (Å²) in [7, 11) is 1.15. The Kier molecular flexibility index (Phi) is 58.8. The lowest BCUT2D eigenvalue weighted by molar-refractivity contribution is -0.870. The number of rotatable bonds is 60. The van der Waals surface area contributed by atoms with E-state index in [4.69, 9.17) is 13.8 Å². The summed E-state index contributed by atoms with van der Waals surface area (Å²) < 4.78 is 30.3. The summed E-state index contributed by atoms with van der Waals surface area (Å²) in [5.74, 6) is -0.587. The van der Waals surface area contributed by atoms with Crippen LogP contribution in [0.4, 0.5) is 0 Å². The van der Waals surface area contributed by atoms with Crippen LogP contribution in [0.5, 0.6) is 0 Å². The number of phosphoric ester groups is 1. The number of carbonyl (C=O) groups is 2. The number of allylic oxidation sites excluding steroid dienone is 19. The van der Waals surface area contributed by atoms with Crippen molar-refractivity contribution >= 4 is 19.7 Å². The second kappa shape index (κ2) is 61.5. The molecule has 0 radical (unpaired) electrons. The standard InChI is InChI=1S/C73H127N2O7P/c1-7-10-13-16-19-22-25-27-29-31-33-34-35-36-37-38-39-40-42-44-46-48-51-54-57-60-63-66-73(77)82-71(64-61-58-55-52-49-24-21-18-15-12-9-3)70(69-81-83(78,79)80-68-67-75(4,5)6)74-72(76)65-62-59-56-53-50-47-45-43-41-32-30-28-26-23-20-17-14-11-8-2/h11,14,19-20,22-23,27-30,33-34,36-37,41,43,47,50,61,64,70-71H,7-10,12-13,15-18,21,24-26,31-32,35,38-40,42,44-46,48-49,51-60,62-63,65-69H2,1-6H3,(H-,74,76,78,79)/b14-11-,22-19-,23-20-,29-27-,30-28-,34-33-,37-36-,43-41-,50-47-,64-61-. The Morgan fingerprint density at radius 3 is 1.19 bits per heavy atom. The zero-order valence-corrected chi connectivity index (χ0v) is 55.3. The second-order valence-electron chi connectivity index (χ2n) is 23.6. The van der Waals surface area contributed by atoms with Gasteiger partial charge in [-0.1, -0.05) is 265 Å². The Labute approximate surface area is 512 Å². The van der Waals surface area contributed by atoms with Crippen molar-refractivity contribution in [1.29, 1.82) is 0 Å². The van der Waals surface area contributed by atoms with E-state index in [1.54, 1.807) is 0 Å². The van der Waals surface area contributed by atoms with Gasteiger partial charge in [0.1, 0.15) is 19.3 Å². The van der Waals surface area contributed by atoms with Gasteiger partial charge in [0.15, 0.2) is 0 Å². The van der Waals surface area contributed by atoms with Crippen molar-refractivity contribution in [1.82, 2.24) is 5.32 Å². The first-order chi connectivity index (χ1) is 40.4. The van der Waals surface area contributed by atoms with E-state index in [9.17, 15) is 19.0 Å². The van der Waals surface area contributed by atoms with E-state index in [1.165, 1.54) is 122 Å². The fourth-order valence-electron chi connectivity index (χ4n) is 9.18. The molecule has 10 heteroatoms. The first-order valence-corrected chi connectivity index (χ1v) is 35.3. The molecule has 0 spiro atoms. The number of likely N-dealkylation sites (N-methyl/N-ethyl adjacent to an activating group) is 1. The van der Waals surface area contributed by atoms with Crippen LogP contribution in [0.15, 0.2) is 122 Å². The van der Waals surface area contributed by atoms with E-state index in [0.717, 1.165) is 116 Å². The number of nitrogens with one attached hydrogen (secondary N) is 1. The highest BCUT2D eigenvalue weighted by molar-refractivity contribution is 7.45. The van der Waals surface area contributed by atoms with Crippen LogP contribution < -0.4 is 10.2 Å². The Bertz CT molecular complexity index is 1830. The highest BCUT2D eigenvalue weighted by Gasteiger charge is 2.27. The maximum atomic E-state index is 13.5. The van der Waals surface area contributed by atoms with Crippen molar-refractivity contribution in [3.63, 3.8) is 0 Å². The average Bonchev–Trinajstić information content (AvgIpc) is 3.52.